The Bertz CT molecular complexity index is 814. The quantitative estimate of drug-likeness (QED) is 0.315. The van der Waals surface area contributed by atoms with Crippen LogP contribution in [0, 0.1) is 0 Å². The summed E-state index contributed by atoms with van der Waals surface area (Å²) in [7, 11) is 0. The SMILES string of the molecule is CCCCCCCCCCCn1c(/C=C/c2ccco2)nc2ccccc21. The minimum Gasteiger partial charge on any atom is -0.465 e. The van der Waals surface area contributed by atoms with E-state index >= 15 is 0 Å². The van der Waals surface area contributed by atoms with E-state index in [1.807, 2.05) is 18.2 Å². The maximum absolute atomic E-state index is 5.41. The molecule has 27 heavy (non-hydrogen) atoms. The number of aryl methyl sites for hydroxylation is 1. The lowest BCUT2D eigenvalue weighted by Crippen LogP contribution is -2.00. The Balaban J connectivity index is 1.54. The van der Waals surface area contributed by atoms with E-state index in [2.05, 4.69) is 41.8 Å². The normalized spacial score (nSPS) is 11.7. The maximum atomic E-state index is 5.41. The molecule has 0 fully saturated rings. The van der Waals surface area contributed by atoms with Gasteiger partial charge >= 0.3 is 0 Å². The van der Waals surface area contributed by atoms with Gasteiger partial charge < -0.3 is 8.98 Å². The van der Waals surface area contributed by atoms with Crippen LogP contribution in [0.1, 0.15) is 76.3 Å². The molecule has 2 aromatic heterocycles. The van der Waals surface area contributed by atoms with Crippen LogP contribution in [0.3, 0.4) is 0 Å². The zero-order valence-corrected chi connectivity index (χ0v) is 16.6. The number of unbranched alkanes of at least 4 members (excludes halogenated alkanes) is 8. The van der Waals surface area contributed by atoms with Gasteiger partial charge in [0.1, 0.15) is 11.6 Å². The third kappa shape index (κ3) is 5.85. The lowest BCUT2D eigenvalue weighted by Gasteiger charge is -2.07. The first kappa shape index (κ1) is 19.5. The molecular weight excluding hydrogens is 332 g/mol. The van der Waals surface area contributed by atoms with Crippen molar-refractivity contribution in [2.75, 3.05) is 0 Å². The Hall–Kier alpha value is -2.29. The molecule has 0 radical (unpaired) electrons. The molecule has 0 saturated heterocycles. The van der Waals surface area contributed by atoms with Crippen LogP contribution in [0.2, 0.25) is 0 Å². The number of imidazole rings is 1. The first-order valence-electron chi connectivity index (χ1n) is 10.6. The Morgan fingerprint density at radius 2 is 1.59 bits per heavy atom. The molecule has 0 N–H and O–H groups in total. The molecule has 0 amide bonds. The lowest BCUT2D eigenvalue weighted by molar-refractivity contribution is 0.541. The number of hydrogen-bond donors (Lipinski definition) is 0. The van der Waals surface area contributed by atoms with Crippen molar-refractivity contribution in [1.82, 2.24) is 9.55 Å². The van der Waals surface area contributed by atoms with Gasteiger partial charge in [-0.3, -0.25) is 0 Å². The number of nitrogens with zero attached hydrogens (tertiary/aromatic N) is 2. The van der Waals surface area contributed by atoms with Crippen molar-refractivity contribution < 1.29 is 4.42 Å². The summed E-state index contributed by atoms with van der Waals surface area (Å²) >= 11 is 0. The number of rotatable bonds is 12. The molecule has 0 bridgehead atoms. The van der Waals surface area contributed by atoms with Crippen molar-refractivity contribution in [3.05, 3.63) is 54.2 Å². The Morgan fingerprint density at radius 3 is 2.33 bits per heavy atom. The van der Waals surface area contributed by atoms with Crippen LogP contribution in [-0.4, -0.2) is 9.55 Å². The van der Waals surface area contributed by atoms with E-state index in [4.69, 9.17) is 9.40 Å². The Morgan fingerprint density at radius 1 is 0.852 bits per heavy atom. The highest BCUT2D eigenvalue weighted by molar-refractivity contribution is 5.79. The number of aromatic nitrogens is 2. The standard InChI is InChI=1S/C24H32N2O/c1-2-3-4-5-6-7-8-9-12-19-26-23-16-11-10-15-22(23)25-24(26)18-17-21-14-13-20-27-21/h10-11,13-18,20H,2-9,12,19H2,1H3/b18-17+. The zero-order valence-electron chi connectivity index (χ0n) is 16.6. The number of hydrogen-bond acceptors (Lipinski definition) is 2. The summed E-state index contributed by atoms with van der Waals surface area (Å²) < 4.78 is 7.75. The number of fused-ring (bicyclic) bond motifs is 1. The van der Waals surface area contributed by atoms with Gasteiger partial charge in [-0.2, -0.15) is 0 Å². The predicted octanol–water partition coefficient (Wildman–Crippen LogP) is 7.33. The van der Waals surface area contributed by atoms with Crippen LogP contribution in [0.5, 0.6) is 0 Å². The third-order valence-electron chi connectivity index (χ3n) is 5.11. The second-order valence-electron chi connectivity index (χ2n) is 7.29. The molecule has 3 aromatic rings. The Kier molecular flexibility index (Phi) is 7.76. The summed E-state index contributed by atoms with van der Waals surface area (Å²) in [5, 5.41) is 0. The number of furan rings is 1. The van der Waals surface area contributed by atoms with Crippen molar-refractivity contribution in [3.63, 3.8) is 0 Å². The van der Waals surface area contributed by atoms with Gasteiger partial charge in [-0.1, -0.05) is 70.4 Å². The summed E-state index contributed by atoms with van der Waals surface area (Å²) in [6.45, 7) is 3.30. The molecule has 3 nitrogen and oxygen atoms in total. The monoisotopic (exact) mass is 364 g/mol. The molecule has 0 saturated carbocycles. The van der Waals surface area contributed by atoms with E-state index < -0.39 is 0 Å². The van der Waals surface area contributed by atoms with Crippen LogP contribution in [0.15, 0.2) is 47.1 Å². The van der Waals surface area contributed by atoms with E-state index in [1.54, 1.807) is 6.26 Å². The molecule has 0 aliphatic rings. The van der Waals surface area contributed by atoms with Crippen molar-refractivity contribution in [2.45, 2.75) is 71.3 Å². The average molecular weight is 365 g/mol. The van der Waals surface area contributed by atoms with Gasteiger partial charge in [0.15, 0.2) is 0 Å². The average Bonchev–Trinajstić information content (AvgIpc) is 3.33. The molecule has 0 aliphatic carbocycles. The smallest absolute Gasteiger partial charge is 0.133 e. The van der Waals surface area contributed by atoms with E-state index in [0.29, 0.717) is 0 Å². The van der Waals surface area contributed by atoms with Crippen molar-refractivity contribution in [3.8, 4) is 0 Å². The van der Waals surface area contributed by atoms with Crippen LogP contribution >= 0.6 is 0 Å². The fourth-order valence-electron chi connectivity index (χ4n) is 3.58. The second kappa shape index (κ2) is 10.8. The number of benzene rings is 1. The molecule has 3 heteroatoms. The molecule has 0 unspecified atom stereocenters. The summed E-state index contributed by atoms with van der Waals surface area (Å²) in [5.41, 5.74) is 2.28. The van der Waals surface area contributed by atoms with E-state index in [9.17, 15) is 0 Å². The molecule has 0 aliphatic heterocycles. The van der Waals surface area contributed by atoms with Gasteiger partial charge in [0.05, 0.1) is 17.3 Å². The van der Waals surface area contributed by atoms with Crippen LogP contribution in [0.25, 0.3) is 23.2 Å². The van der Waals surface area contributed by atoms with Gasteiger partial charge in [0.2, 0.25) is 0 Å². The Labute approximate surface area is 163 Å². The van der Waals surface area contributed by atoms with Gasteiger partial charge in [0.25, 0.3) is 0 Å². The molecule has 2 heterocycles. The summed E-state index contributed by atoms with van der Waals surface area (Å²) in [6, 6.07) is 12.3. The fraction of sp³-hybridized carbons (Fsp3) is 0.458. The highest BCUT2D eigenvalue weighted by Gasteiger charge is 2.08. The third-order valence-corrected chi connectivity index (χ3v) is 5.11. The zero-order chi connectivity index (χ0) is 18.7. The highest BCUT2D eigenvalue weighted by Crippen LogP contribution is 2.20. The van der Waals surface area contributed by atoms with Gasteiger partial charge in [-0.05, 0) is 42.8 Å². The summed E-state index contributed by atoms with van der Waals surface area (Å²) in [4.78, 5) is 4.80. The summed E-state index contributed by atoms with van der Waals surface area (Å²) in [6.07, 6.45) is 17.9. The molecule has 0 atom stereocenters. The fourth-order valence-corrected chi connectivity index (χ4v) is 3.58. The molecule has 0 spiro atoms. The minimum atomic E-state index is 0.858. The van der Waals surface area contributed by atoms with Gasteiger partial charge in [-0.15, -0.1) is 0 Å². The summed E-state index contributed by atoms with van der Waals surface area (Å²) in [5.74, 6) is 1.86. The highest BCUT2D eigenvalue weighted by atomic mass is 16.3. The second-order valence-corrected chi connectivity index (χ2v) is 7.29. The molecule has 144 valence electrons. The van der Waals surface area contributed by atoms with E-state index in [1.165, 1.54) is 63.3 Å². The topological polar surface area (TPSA) is 31.0 Å². The van der Waals surface area contributed by atoms with Crippen LogP contribution < -0.4 is 0 Å². The van der Waals surface area contributed by atoms with Gasteiger partial charge in [-0.25, -0.2) is 4.98 Å². The van der Waals surface area contributed by atoms with E-state index in [-0.39, 0.29) is 0 Å². The predicted molar refractivity (Wildman–Crippen MR) is 115 cm³/mol. The van der Waals surface area contributed by atoms with Crippen LogP contribution in [-0.2, 0) is 6.54 Å². The van der Waals surface area contributed by atoms with Gasteiger partial charge in [0, 0.05) is 6.54 Å². The van der Waals surface area contributed by atoms with Crippen molar-refractivity contribution >= 4 is 23.2 Å². The first-order valence-corrected chi connectivity index (χ1v) is 10.6. The number of para-hydroxylation sites is 2. The molecule has 1 aromatic carbocycles. The maximum Gasteiger partial charge on any atom is 0.133 e. The largest absolute Gasteiger partial charge is 0.465 e. The van der Waals surface area contributed by atoms with Crippen LogP contribution in [0.4, 0.5) is 0 Å². The van der Waals surface area contributed by atoms with Crippen molar-refractivity contribution in [1.29, 1.82) is 0 Å². The van der Waals surface area contributed by atoms with Crippen molar-refractivity contribution in [2.24, 2.45) is 0 Å². The van der Waals surface area contributed by atoms with E-state index in [0.717, 1.165) is 23.6 Å². The first-order chi connectivity index (χ1) is 13.4. The molecular formula is C24H32N2O. The molecule has 3 rings (SSSR count). The minimum absolute atomic E-state index is 0.858. The lowest BCUT2D eigenvalue weighted by atomic mass is 10.1.